The summed E-state index contributed by atoms with van der Waals surface area (Å²) in [6.07, 6.45) is 2.23. The van der Waals surface area contributed by atoms with Gasteiger partial charge in [0.05, 0.1) is 6.04 Å². The van der Waals surface area contributed by atoms with Crippen LogP contribution in [0.5, 0.6) is 0 Å². The first kappa shape index (κ1) is 13.7. The number of carbonyl (C=O) groups is 1. The minimum absolute atomic E-state index is 0.176. The van der Waals surface area contributed by atoms with Crippen molar-refractivity contribution < 1.29 is 9.53 Å². The van der Waals surface area contributed by atoms with E-state index >= 15 is 0 Å². The maximum absolute atomic E-state index is 12.2. The summed E-state index contributed by atoms with van der Waals surface area (Å²) in [6.45, 7) is 9.38. The molecule has 2 fully saturated rings. The van der Waals surface area contributed by atoms with Crippen molar-refractivity contribution in [1.29, 1.82) is 0 Å². The van der Waals surface area contributed by atoms with Gasteiger partial charge in [-0.1, -0.05) is 6.92 Å². The highest BCUT2D eigenvalue weighted by atomic mass is 16.6. The van der Waals surface area contributed by atoms with Crippen molar-refractivity contribution in [3.8, 4) is 0 Å². The van der Waals surface area contributed by atoms with Gasteiger partial charge in [0.1, 0.15) is 5.60 Å². The third kappa shape index (κ3) is 2.63. The molecule has 0 bridgehead atoms. The summed E-state index contributed by atoms with van der Waals surface area (Å²) in [7, 11) is 0. The number of nitrogens with two attached hydrogens (primary N) is 1. The summed E-state index contributed by atoms with van der Waals surface area (Å²) in [6, 6.07) is 0.176. The molecule has 1 aliphatic carbocycles. The van der Waals surface area contributed by atoms with E-state index in [1.807, 2.05) is 25.7 Å². The molecular formula is C14H26N2O2. The van der Waals surface area contributed by atoms with E-state index in [2.05, 4.69) is 6.92 Å². The monoisotopic (exact) mass is 254 g/mol. The molecule has 18 heavy (non-hydrogen) atoms. The Kier molecular flexibility index (Phi) is 3.58. The van der Waals surface area contributed by atoms with Gasteiger partial charge in [-0.25, -0.2) is 4.79 Å². The van der Waals surface area contributed by atoms with Crippen LogP contribution in [0.2, 0.25) is 0 Å². The molecule has 1 heterocycles. The van der Waals surface area contributed by atoms with E-state index in [9.17, 15) is 4.79 Å². The topological polar surface area (TPSA) is 55.6 Å². The number of carbonyl (C=O) groups excluding carboxylic acids is 1. The lowest BCUT2D eigenvalue weighted by molar-refractivity contribution is 0.0204. The van der Waals surface area contributed by atoms with Crippen LogP contribution in [-0.4, -0.2) is 35.7 Å². The number of rotatable bonds is 1. The standard InChI is InChI=1S/C14H26N2O2/c1-9-5-10-8-16(12(7-15)11(10)6-9)13(17)18-14(2,3)4/h9-12H,5-8,15H2,1-4H3/t9?,10-,11-,12+/m0/s1. The highest BCUT2D eigenvalue weighted by Crippen LogP contribution is 2.44. The summed E-state index contributed by atoms with van der Waals surface area (Å²) in [5.41, 5.74) is 5.45. The maximum atomic E-state index is 12.2. The fourth-order valence-corrected chi connectivity index (χ4v) is 3.58. The number of hydrogen-bond acceptors (Lipinski definition) is 3. The quantitative estimate of drug-likeness (QED) is 0.780. The van der Waals surface area contributed by atoms with Gasteiger partial charge in [-0.15, -0.1) is 0 Å². The molecule has 0 spiro atoms. The number of fused-ring (bicyclic) bond motifs is 1. The molecule has 4 nitrogen and oxygen atoms in total. The van der Waals surface area contributed by atoms with Crippen LogP contribution in [0.4, 0.5) is 4.79 Å². The SMILES string of the molecule is CC1C[C@H]2CN(C(=O)OC(C)(C)C)[C@H](CN)[C@H]2C1. The average Bonchev–Trinajstić information content (AvgIpc) is 2.70. The van der Waals surface area contributed by atoms with E-state index in [4.69, 9.17) is 10.5 Å². The lowest BCUT2D eigenvalue weighted by atomic mass is 9.94. The van der Waals surface area contributed by atoms with E-state index in [1.54, 1.807) is 0 Å². The van der Waals surface area contributed by atoms with Gasteiger partial charge in [-0.2, -0.15) is 0 Å². The molecule has 2 aliphatic rings. The second-order valence-electron chi connectivity index (χ2n) is 6.94. The Balaban J connectivity index is 2.04. The van der Waals surface area contributed by atoms with Gasteiger partial charge in [0.15, 0.2) is 0 Å². The zero-order valence-electron chi connectivity index (χ0n) is 12.0. The summed E-state index contributed by atoms with van der Waals surface area (Å²) < 4.78 is 5.48. The van der Waals surface area contributed by atoms with Crippen LogP contribution in [-0.2, 0) is 4.74 Å². The molecule has 0 radical (unpaired) electrons. The molecule has 4 heteroatoms. The second kappa shape index (κ2) is 4.72. The first-order chi connectivity index (χ1) is 8.31. The molecule has 1 saturated heterocycles. The van der Waals surface area contributed by atoms with Crippen LogP contribution in [0, 0.1) is 17.8 Å². The smallest absolute Gasteiger partial charge is 0.410 e. The lowest BCUT2D eigenvalue weighted by Crippen LogP contribution is -2.45. The van der Waals surface area contributed by atoms with E-state index in [1.165, 1.54) is 12.8 Å². The third-order valence-corrected chi connectivity index (χ3v) is 4.18. The Labute approximate surface area is 110 Å². The van der Waals surface area contributed by atoms with E-state index in [0.29, 0.717) is 18.4 Å². The van der Waals surface area contributed by atoms with Crippen LogP contribution >= 0.6 is 0 Å². The van der Waals surface area contributed by atoms with Crippen LogP contribution in [0.3, 0.4) is 0 Å². The highest BCUT2D eigenvalue weighted by molar-refractivity contribution is 5.69. The van der Waals surface area contributed by atoms with Gasteiger partial charge in [-0.05, 0) is 51.4 Å². The molecule has 4 atom stereocenters. The van der Waals surface area contributed by atoms with E-state index in [-0.39, 0.29) is 12.1 Å². The van der Waals surface area contributed by atoms with Crippen molar-refractivity contribution in [2.45, 2.75) is 52.2 Å². The molecule has 1 saturated carbocycles. The summed E-state index contributed by atoms with van der Waals surface area (Å²) in [5.74, 6) is 1.98. The first-order valence-electron chi connectivity index (χ1n) is 7.01. The zero-order chi connectivity index (χ0) is 13.5. The largest absolute Gasteiger partial charge is 0.444 e. The molecular weight excluding hydrogens is 228 g/mol. The fraction of sp³-hybridized carbons (Fsp3) is 0.929. The number of amides is 1. The van der Waals surface area contributed by atoms with Crippen molar-refractivity contribution in [2.24, 2.45) is 23.5 Å². The third-order valence-electron chi connectivity index (χ3n) is 4.18. The Bertz CT molecular complexity index is 324. The molecule has 1 aliphatic heterocycles. The second-order valence-corrected chi connectivity index (χ2v) is 6.94. The zero-order valence-corrected chi connectivity index (χ0v) is 12.0. The Hall–Kier alpha value is -0.770. The Morgan fingerprint density at radius 2 is 2.06 bits per heavy atom. The molecule has 2 rings (SSSR count). The minimum atomic E-state index is -0.429. The predicted molar refractivity (Wildman–Crippen MR) is 71.2 cm³/mol. The normalized spacial score (nSPS) is 35.7. The molecule has 1 unspecified atom stereocenters. The van der Waals surface area contributed by atoms with Crippen LogP contribution < -0.4 is 5.73 Å². The number of ether oxygens (including phenoxy) is 1. The Morgan fingerprint density at radius 3 is 2.61 bits per heavy atom. The summed E-state index contributed by atoms with van der Waals surface area (Å²) in [4.78, 5) is 14.1. The molecule has 0 aromatic rings. The summed E-state index contributed by atoms with van der Waals surface area (Å²) >= 11 is 0. The van der Waals surface area contributed by atoms with Gasteiger partial charge >= 0.3 is 6.09 Å². The van der Waals surface area contributed by atoms with Gasteiger partial charge in [0.25, 0.3) is 0 Å². The fourth-order valence-electron chi connectivity index (χ4n) is 3.58. The minimum Gasteiger partial charge on any atom is -0.444 e. The highest BCUT2D eigenvalue weighted by Gasteiger charge is 2.48. The average molecular weight is 254 g/mol. The van der Waals surface area contributed by atoms with Crippen LogP contribution in [0.25, 0.3) is 0 Å². The maximum Gasteiger partial charge on any atom is 0.410 e. The van der Waals surface area contributed by atoms with Crippen LogP contribution in [0.1, 0.15) is 40.5 Å². The predicted octanol–water partition coefficient (Wildman–Crippen LogP) is 2.23. The van der Waals surface area contributed by atoms with Crippen LogP contribution in [0.15, 0.2) is 0 Å². The van der Waals surface area contributed by atoms with Crippen molar-refractivity contribution in [3.63, 3.8) is 0 Å². The van der Waals surface area contributed by atoms with Gasteiger partial charge < -0.3 is 15.4 Å². The number of nitrogens with zero attached hydrogens (tertiary/aromatic N) is 1. The summed E-state index contributed by atoms with van der Waals surface area (Å²) in [5, 5.41) is 0. The van der Waals surface area contributed by atoms with Gasteiger partial charge in [-0.3, -0.25) is 0 Å². The molecule has 104 valence electrons. The number of hydrogen-bond donors (Lipinski definition) is 1. The van der Waals surface area contributed by atoms with Crippen molar-refractivity contribution in [1.82, 2.24) is 4.90 Å². The molecule has 2 N–H and O–H groups in total. The lowest BCUT2D eigenvalue weighted by Gasteiger charge is -2.30. The van der Waals surface area contributed by atoms with Crippen molar-refractivity contribution in [3.05, 3.63) is 0 Å². The van der Waals surface area contributed by atoms with Gasteiger partial charge in [0, 0.05) is 13.1 Å². The van der Waals surface area contributed by atoms with Crippen molar-refractivity contribution in [2.75, 3.05) is 13.1 Å². The van der Waals surface area contributed by atoms with E-state index in [0.717, 1.165) is 12.5 Å². The van der Waals surface area contributed by atoms with E-state index < -0.39 is 5.60 Å². The molecule has 1 amide bonds. The molecule has 0 aromatic heterocycles. The Morgan fingerprint density at radius 1 is 1.39 bits per heavy atom. The van der Waals surface area contributed by atoms with Crippen molar-refractivity contribution >= 4 is 6.09 Å². The number of likely N-dealkylation sites (tertiary alicyclic amines) is 1. The first-order valence-corrected chi connectivity index (χ1v) is 7.01. The van der Waals surface area contributed by atoms with Gasteiger partial charge in [0.2, 0.25) is 0 Å². The molecule has 0 aromatic carbocycles.